The molecule has 0 radical (unpaired) electrons. The van der Waals surface area contributed by atoms with E-state index in [2.05, 4.69) is 10.6 Å². The summed E-state index contributed by atoms with van der Waals surface area (Å²) in [7, 11) is 0. The van der Waals surface area contributed by atoms with Crippen LogP contribution in [0.2, 0.25) is 0 Å². The highest BCUT2D eigenvalue weighted by molar-refractivity contribution is 7.08. The van der Waals surface area contributed by atoms with Gasteiger partial charge in [-0.25, -0.2) is 4.79 Å². The fraction of sp³-hybridized carbons (Fsp3) is 0.333. The molecule has 1 aromatic rings. The van der Waals surface area contributed by atoms with Gasteiger partial charge in [0.15, 0.2) is 0 Å². The number of nitrogens with two attached hydrogens (primary N) is 1. The van der Waals surface area contributed by atoms with Gasteiger partial charge in [-0.1, -0.05) is 0 Å². The molecule has 1 fully saturated rings. The number of thiophene rings is 1. The summed E-state index contributed by atoms with van der Waals surface area (Å²) in [5.74, 6) is -1.26. The van der Waals surface area contributed by atoms with Crippen molar-refractivity contribution in [2.75, 3.05) is 18.4 Å². The van der Waals surface area contributed by atoms with Crippen LogP contribution in [0.3, 0.4) is 0 Å². The van der Waals surface area contributed by atoms with E-state index in [1.165, 1.54) is 16.2 Å². The van der Waals surface area contributed by atoms with Gasteiger partial charge in [0, 0.05) is 36.7 Å². The molecule has 2 rings (SSSR count). The quantitative estimate of drug-likeness (QED) is 0.715. The number of hydrogen-bond acceptors (Lipinski definition) is 5. The number of nitrogens with zero attached hydrogens (tertiary/aromatic N) is 1. The molecule has 4 N–H and O–H groups in total. The van der Waals surface area contributed by atoms with Crippen molar-refractivity contribution in [2.24, 2.45) is 5.73 Å². The minimum absolute atomic E-state index is 0.0651. The first-order chi connectivity index (χ1) is 9.97. The Morgan fingerprint density at radius 3 is 2.81 bits per heavy atom. The Kier molecular flexibility index (Phi) is 4.53. The molecule has 0 unspecified atom stereocenters. The van der Waals surface area contributed by atoms with Gasteiger partial charge in [0.05, 0.1) is 11.3 Å². The Morgan fingerprint density at radius 2 is 2.14 bits per heavy atom. The zero-order valence-electron chi connectivity index (χ0n) is 11.0. The van der Waals surface area contributed by atoms with Crippen LogP contribution in [0.5, 0.6) is 0 Å². The lowest BCUT2D eigenvalue weighted by Gasteiger charge is -2.26. The highest BCUT2D eigenvalue weighted by atomic mass is 32.1. The summed E-state index contributed by atoms with van der Waals surface area (Å²) in [4.78, 5) is 46.8. The molecule has 1 aromatic heterocycles. The normalized spacial score (nSPS) is 14.8. The third-order valence-corrected chi connectivity index (χ3v) is 3.70. The molecule has 21 heavy (non-hydrogen) atoms. The van der Waals surface area contributed by atoms with Crippen LogP contribution in [0.1, 0.15) is 23.2 Å². The molecule has 0 bridgehead atoms. The lowest BCUT2D eigenvalue weighted by Crippen LogP contribution is -2.50. The van der Waals surface area contributed by atoms with Crippen molar-refractivity contribution in [3.63, 3.8) is 0 Å². The first-order valence-electron chi connectivity index (χ1n) is 6.22. The Bertz CT molecular complexity index is 598. The van der Waals surface area contributed by atoms with E-state index >= 15 is 0 Å². The molecule has 1 aliphatic heterocycles. The molecule has 8 nitrogen and oxygen atoms in total. The molecule has 1 saturated heterocycles. The van der Waals surface area contributed by atoms with Crippen LogP contribution in [-0.4, -0.2) is 41.7 Å². The number of anilines is 1. The van der Waals surface area contributed by atoms with Gasteiger partial charge < -0.3 is 16.0 Å². The lowest BCUT2D eigenvalue weighted by molar-refractivity contribution is -0.121. The Morgan fingerprint density at radius 1 is 1.38 bits per heavy atom. The molecule has 0 aromatic carbocycles. The molecule has 1 aliphatic rings. The molecular formula is C12H14N4O4S. The van der Waals surface area contributed by atoms with Gasteiger partial charge in [-0.3, -0.25) is 19.7 Å². The summed E-state index contributed by atoms with van der Waals surface area (Å²) in [6.45, 7) is 0.490. The van der Waals surface area contributed by atoms with E-state index in [9.17, 15) is 19.2 Å². The van der Waals surface area contributed by atoms with Crippen molar-refractivity contribution in [2.45, 2.75) is 12.8 Å². The predicted molar refractivity (Wildman–Crippen MR) is 75.8 cm³/mol. The number of carbonyl (C=O) groups excluding carboxylic acids is 4. The van der Waals surface area contributed by atoms with Crippen molar-refractivity contribution >= 4 is 40.8 Å². The van der Waals surface area contributed by atoms with Crippen molar-refractivity contribution < 1.29 is 19.2 Å². The molecule has 5 amide bonds. The number of carbonyl (C=O) groups is 4. The van der Waals surface area contributed by atoms with E-state index in [-0.39, 0.29) is 36.8 Å². The van der Waals surface area contributed by atoms with E-state index in [1.54, 1.807) is 10.8 Å². The fourth-order valence-electron chi connectivity index (χ4n) is 1.85. The monoisotopic (exact) mass is 310 g/mol. The predicted octanol–water partition coefficient (Wildman–Crippen LogP) is 0.118. The zero-order valence-corrected chi connectivity index (χ0v) is 11.9. The van der Waals surface area contributed by atoms with E-state index in [1.807, 2.05) is 0 Å². The van der Waals surface area contributed by atoms with E-state index < -0.39 is 11.9 Å². The second-order valence-electron chi connectivity index (χ2n) is 4.45. The second-order valence-corrected chi connectivity index (χ2v) is 5.20. The van der Waals surface area contributed by atoms with Gasteiger partial charge >= 0.3 is 6.03 Å². The molecule has 0 spiro atoms. The number of amides is 5. The number of imide groups is 1. The van der Waals surface area contributed by atoms with Gasteiger partial charge in [0.2, 0.25) is 11.8 Å². The minimum atomic E-state index is -0.611. The van der Waals surface area contributed by atoms with Crippen LogP contribution in [0.4, 0.5) is 10.5 Å². The average Bonchev–Trinajstić information content (AvgIpc) is 2.86. The van der Waals surface area contributed by atoms with Crippen LogP contribution in [-0.2, 0) is 9.59 Å². The first kappa shape index (κ1) is 15.0. The second kappa shape index (κ2) is 6.35. The van der Waals surface area contributed by atoms with E-state index in [0.717, 1.165) is 0 Å². The maximum absolute atomic E-state index is 11.8. The number of primary amides is 1. The summed E-state index contributed by atoms with van der Waals surface area (Å²) >= 11 is 1.26. The van der Waals surface area contributed by atoms with Crippen LogP contribution >= 0.6 is 11.3 Å². The van der Waals surface area contributed by atoms with Crippen LogP contribution in [0.25, 0.3) is 0 Å². The third-order valence-electron chi connectivity index (χ3n) is 2.95. The van der Waals surface area contributed by atoms with Gasteiger partial charge in [0.1, 0.15) is 0 Å². The van der Waals surface area contributed by atoms with Crippen LogP contribution in [0, 0.1) is 0 Å². The summed E-state index contributed by atoms with van der Waals surface area (Å²) < 4.78 is 0. The number of urea groups is 1. The van der Waals surface area contributed by atoms with Crippen LogP contribution < -0.4 is 16.4 Å². The topological polar surface area (TPSA) is 122 Å². The maximum Gasteiger partial charge on any atom is 0.324 e. The van der Waals surface area contributed by atoms with Crippen molar-refractivity contribution in [1.82, 2.24) is 10.2 Å². The SMILES string of the molecule is NC(=O)c1cscc1NC(=O)CCN1CCC(=O)NC1=O. The molecule has 112 valence electrons. The molecule has 9 heteroatoms. The molecule has 0 saturated carbocycles. The number of rotatable bonds is 5. The molecule has 0 aliphatic carbocycles. The molecule has 0 atom stereocenters. The highest BCUT2D eigenvalue weighted by Crippen LogP contribution is 2.20. The van der Waals surface area contributed by atoms with Gasteiger partial charge in [-0.05, 0) is 0 Å². The molecular weight excluding hydrogens is 296 g/mol. The lowest BCUT2D eigenvalue weighted by atomic mass is 10.2. The highest BCUT2D eigenvalue weighted by Gasteiger charge is 2.23. The Hall–Kier alpha value is -2.42. The third kappa shape index (κ3) is 3.78. The van der Waals surface area contributed by atoms with Crippen LogP contribution in [0.15, 0.2) is 10.8 Å². The first-order valence-corrected chi connectivity index (χ1v) is 7.16. The van der Waals surface area contributed by atoms with Gasteiger partial charge in [-0.2, -0.15) is 0 Å². The van der Waals surface area contributed by atoms with E-state index in [4.69, 9.17) is 5.73 Å². The number of nitrogens with one attached hydrogen (secondary N) is 2. The summed E-state index contributed by atoms with van der Waals surface area (Å²) in [5, 5.41) is 7.93. The fourth-order valence-corrected chi connectivity index (χ4v) is 2.62. The van der Waals surface area contributed by atoms with Crippen molar-refractivity contribution in [1.29, 1.82) is 0 Å². The largest absolute Gasteiger partial charge is 0.366 e. The van der Waals surface area contributed by atoms with Crippen molar-refractivity contribution in [3.8, 4) is 0 Å². The maximum atomic E-state index is 11.8. The standard InChI is InChI=1S/C12H14N4O4S/c13-11(19)7-5-21-6-8(7)14-9(17)1-3-16-4-2-10(18)15-12(16)20/h5-6H,1-4H2,(H2,13,19)(H,14,17)(H,15,18,20). The zero-order chi connectivity index (χ0) is 15.4. The number of hydrogen-bond donors (Lipinski definition) is 3. The van der Waals surface area contributed by atoms with Gasteiger partial charge in [0.25, 0.3) is 5.91 Å². The summed E-state index contributed by atoms with van der Waals surface area (Å²) in [6.07, 6.45) is 0.291. The smallest absolute Gasteiger partial charge is 0.324 e. The average molecular weight is 310 g/mol. The van der Waals surface area contributed by atoms with Crippen molar-refractivity contribution in [3.05, 3.63) is 16.3 Å². The minimum Gasteiger partial charge on any atom is -0.366 e. The van der Waals surface area contributed by atoms with E-state index in [0.29, 0.717) is 12.2 Å². The Balaban J connectivity index is 1.85. The van der Waals surface area contributed by atoms with Gasteiger partial charge in [-0.15, -0.1) is 11.3 Å². The molecule has 2 heterocycles. The summed E-state index contributed by atoms with van der Waals surface area (Å²) in [6, 6.07) is -0.493. The summed E-state index contributed by atoms with van der Waals surface area (Å²) in [5.41, 5.74) is 5.81. The Labute approximate surface area is 124 Å².